The van der Waals surface area contributed by atoms with Gasteiger partial charge in [0.15, 0.2) is 0 Å². The Morgan fingerprint density at radius 3 is 2.89 bits per heavy atom. The first-order chi connectivity index (χ1) is 8.87. The van der Waals surface area contributed by atoms with Crippen molar-refractivity contribution in [2.75, 3.05) is 13.6 Å². The van der Waals surface area contributed by atoms with E-state index < -0.39 is 0 Å². The molecule has 0 radical (unpaired) electrons. The molecule has 108 valence electrons. The van der Waals surface area contributed by atoms with E-state index in [0.29, 0.717) is 11.3 Å². The van der Waals surface area contributed by atoms with Crippen LogP contribution in [0.4, 0.5) is 0 Å². The second-order valence-electron chi connectivity index (χ2n) is 6.79. The van der Waals surface area contributed by atoms with Crippen LogP contribution in [0.3, 0.4) is 0 Å². The van der Waals surface area contributed by atoms with Crippen molar-refractivity contribution in [3.8, 4) is 0 Å². The van der Waals surface area contributed by atoms with E-state index in [4.69, 9.17) is 0 Å². The van der Waals surface area contributed by atoms with Crippen molar-refractivity contribution in [1.82, 2.24) is 9.88 Å². The van der Waals surface area contributed by atoms with Gasteiger partial charge in [-0.1, -0.05) is 13.8 Å². The van der Waals surface area contributed by atoms with E-state index in [1.54, 1.807) is 11.3 Å². The zero-order valence-electron chi connectivity index (χ0n) is 12.5. The van der Waals surface area contributed by atoms with Crippen LogP contribution in [-0.2, 0) is 6.54 Å². The molecule has 1 aliphatic rings. The molecule has 1 aromatic rings. The lowest BCUT2D eigenvalue weighted by Crippen LogP contribution is -2.39. The van der Waals surface area contributed by atoms with E-state index in [9.17, 15) is 5.11 Å². The van der Waals surface area contributed by atoms with Gasteiger partial charge in [0.05, 0.1) is 17.3 Å². The van der Waals surface area contributed by atoms with Crippen molar-refractivity contribution < 1.29 is 5.11 Å². The van der Waals surface area contributed by atoms with E-state index in [0.717, 1.165) is 38.0 Å². The fraction of sp³-hybridized carbons (Fsp3) is 0.800. The SMILES string of the molecule is Cc1ncsc1CN(C)CC1CC(C)(C)CCC1O. The van der Waals surface area contributed by atoms with E-state index in [1.807, 2.05) is 5.51 Å². The number of aliphatic hydroxyl groups excluding tert-OH is 1. The molecule has 19 heavy (non-hydrogen) atoms. The Kier molecular flexibility index (Phi) is 4.64. The minimum Gasteiger partial charge on any atom is -0.393 e. The standard InChI is InChI=1S/C15H26N2OS/c1-11-14(19-10-16-11)9-17(4)8-12-7-15(2,3)6-5-13(12)18/h10,12-13,18H,5-9H2,1-4H3. The molecule has 0 spiro atoms. The largest absolute Gasteiger partial charge is 0.393 e. The van der Waals surface area contributed by atoms with Gasteiger partial charge in [-0.15, -0.1) is 11.3 Å². The monoisotopic (exact) mass is 282 g/mol. The zero-order chi connectivity index (χ0) is 14.0. The van der Waals surface area contributed by atoms with Gasteiger partial charge in [-0.3, -0.25) is 0 Å². The van der Waals surface area contributed by atoms with Crippen LogP contribution in [0.2, 0.25) is 0 Å². The Labute approximate surface area is 120 Å². The summed E-state index contributed by atoms with van der Waals surface area (Å²) in [6.07, 6.45) is 3.09. The van der Waals surface area contributed by atoms with Gasteiger partial charge >= 0.3 is 0 Å². The van der Waals surface area contributed by atoms with Crippen LogP contribution in [-0.4, -0.2) is 34.7 Å². The van der Waals surface area contributed by atoms with Gasteiger partial charge in [0, 0.05) is 18.0 Å². The molecule has 1 fully saturated rings. The first kappa shape index (κ1) is 14.9. The molecule has 0 bridgehead atoms. The normalized spacial score (nSPS) is 26.8. The van der Waals surface area contributed by atoms with Crippen LogP contribution < -0.4 is 0 Å². The predicted molar refractivity (Wildman–Crippen MR) is 80.3 cm³/mol. The maximum Gasteiger partial charge on any atom is 0.0798 e. The van der Waals surface area contributed by atoms with Crippen molar-refractivity contribution >= 4 is 11.3 Å². The molecule has 4 heteroatoms. The van der Waals surface area contributed by atoms with Gasteiger partial charge in [0.25, 0.3) is 0 Å². The number of aromatic nitrogens is 1. The number of nitrogens with zero attached hydrogens (tertiary/aromatic N) is 2. The predicted octanol–water partition coefficient (Wildman–Crippen LogP) is 3.07. The topological polar surface area (TPSA) is 36.4 Å². The number of hydrogen-bond acceptors (Lipinski definition) is 4. The van der Waals surface area contributed by atoms with E-state index in [-0.39, 0.29) is 6.10 Å². The molecule has 0 aromatic carbocycles. The molecule has 3 nitrogen and oxygen atoms in total. The van der Waals surface area contributed by atoms with Crippen LogP contribution in [0.5, 0.6) is 0 Å². The number of aryl methyl sites for hydroxylation is 1. The van der Waals surface area contributed by atoms with E-state index in [1.165, 1.54) is 4.88 Å². The summed E-state index contributed by atoms with van der Waals surface area (Å²) in [5.41, 5.74) is 3.43. The first-order valence-corrected chi connectivity index (χ1v) is 8.01. The molecular formula is C15H26N2OS. The lowest BCUT2D eigenvalue weighted by Gasteiger charge is -2.40. The summed E-state index contributed by atoms with van der Waals surface area (Å²) in [5, 5.41) is 10.2. The lowest BCUT2D eigenvalue weighted by molar-refractivity contribution is 0.00682. The third-order valence-electron chi connectivity index (χ3n) is 4.28. The average molecular weight is 282 g/mol. The van der Waals surface area contributed by atoms with Crippen molar-refractivity contribution in [1.29, 1.82) is 0 Å². The van der Waals surface area contributed by atoms with Gasteiger partial charge in [-0.25, -0.2) is 4.98 Å². The molecule has 2 atom stereocenters. The second kappa shape index (κ2) is 5.90. The van der Waals surface area contributed by atoms with E-state index >= 15 is 0 Å². The van der Waals surface area contributed by atoms with Gasteiger partial charge in [0.1, 0.15) is 0 Å². The molecule has 0 amide bonds. The van der Waals surface area contributed by atoms with Gasteiger partial charge in [-0.05, 0) is 44.6 Å². The highest BCUT2D eigenvalue weighted by Crippen LogP contribution is 2.39. The van der Waals surface area contributed by atoms with Crippen LogP contribution in [0.15, 0.2) is 5.51 Å². The number of hydrogen-bond donors (Lipinski definition) is 1. The third kappa shape index (κ3) is 4.01. The second-order valence-corrected chi connectivity index (χ2v) is 7.73. The molecule has 1 N–H and O–H groups in total. The smallest absolute Gasteiger partial charge is 0.0798 e. The summed E-state index contributed by atoms with van der Waals surface area (Å²) in [4.78, 5) is 7.97. The zero-order valence-corrected chi connectivity index (χ0v) is 13.3. The lowest BCUT2D eigenvalue weighted by atomic mass is 9.71. The fourth-order valence-electron chi connectivity index (χ4n) is 3.10. The quantitative estimate of drug-likeness (QED) is 0.922. The minimum absolute atomic E-state index is 0.127. The van der Waals surface area contributed by atoms with Crippen molar-refractivity contribution in [3.05, 3.63) is 16.1 Å². The van der Waals surface area contributed by atoms with Crippen LogP contribution >= 0.6 is 11.3 Å². The Hall–Kier alpha value is -0.450. The summed E-state index contributed by atoms with van der Waals surface area (Å²) >= 11 is 1.73. The molecular weight excluding hydrogens is 256 g/mol. The maximum atomic E-state index is 10.2. The fourth-order valence-corrected chi connectivity index (χ4v) is 3.95. The average Bonchev–Trinajstić information content (AvgIpc) is 2.69. The summed E-state index contributed by atoms with van der Waals surface area (Å²) in [6.45, 7) is 8.62. The molecule has 2 rings (SSSR count). The summed E-state index contributed by atoms with van der Waals surface area (Å²) in [5.74, 6) is 0.405. The molecule has 0 aliphatic heterocycles. The van der Waals surface area contributed by atoms with Crippen molar-refractivity contribution in [3.63, 3.8) is 0 Å². The molecule has 1 saturated carbocycles. The summed E-state index contributed by atoms with van der Waals surface area (Å²) in [7, 11) is 2.15. The van der Waals surface area contributed by atoms with Crippen LogP contribution in [0, 0.1) is 18.3 Å². The van der Waals surface area contributed by atoms with E-state index in [2.05, 4.69) is 37.7 Å². The highest BCUT2D eigenvalue weighted by atomic mass is 32.1. The molecule has 2 unspecified atom stereocenters. The Bertz CT molecular complexity index is 416. The van der Waals surface area contributed by atoms with Gasteiger partial charge < -0.3 is 10.0 Å². The van der Waals surface area contributed by atoms with Crippen LogP contribution in [0.1, 0.15) is 43.7 Å². The highest BCUT2D eigenvalue weighted by Gasteiger charge is 2.34. The Morgan fingerprint density at radius 2 is 2.26 bits per heavy atom. The van der Waals surface area contributed by atoms with Crippen LogP contribution in [0.25, 0.3) is 0 Å². The first-order valence-electron chi connectivity index (χ1n) is 7.13. The minimum atomic E-state index is -0.127. The maximum absolute atomic E-state index is 10.2. The number of thiazole rings is 1. The molecule has 1 aromatic heterocycles. The van der Waals surface area contributed by atoms with Gasteiger partial charge in [0.2, 0.25) is 0 Å². The molecule has 1 heterocycles. The Balaban J connectivity index is 1.90. The number of aliphatic hydroxyl groups is 1. The summed E-state index contributed by atoms with van der Waals surface area (Å²) < 4.78 is 0. The number of rotatable bonds is 4. The highest BCUT2D eigenvalue weighted by molar-refractivity contribution is 7.09. The Morgan fingerprint density at radius 1 is 1.53 bits per heavy atom. The van der Waals surface area contributed by atoms with Gasteiger partial charge in [-0.2, -0.15) is 0 Å². The molecule has 0 saturated heterocycles. The van der Waals surface area contributed by atoms with Crippen molar-refractivity contribution in [2.24, 2.45) is 11.3 Å². The van der Waals surface area contributed by atoms with Crippen molar-refractivity contribution in [2.45, 2.75) is 52.7 Å². The third-order valence-corrected chi connectivity index (χ3v) is 5.20. The summed E-state index contributed by atoms with van der Waals surface area (Å²) in [6, 6.07) is 0. The molecule has 1 aliphatic carbocycles.